The minimum atomic E-state index is 0.154. The predicted molar refractivity (Wildman–Crippen MR) is 72.9 cm³/mol. The number of nitrogens with one attached hydrogen (secondary N) is 1. The lowest BCUT2D eigenvalue weighted by molar-refractivity contribution is 0.366. The van der Waals surface area contributed by atoms with E-state index < -0.39 is 0 Å². The highest BCUT2D eigenvalue weighted by Gasteiger charge is 2.30. The molecule has 0 amide bonds. The minimum absolute atomic E-state index is 0.154. The number of unbranched alkanes of at least 4 members (excludes halogenated alkanes) is 1. The molecule has 1 aliphatic heterocycles. The summed E-state index contributed by atoms with van der Waals surface area (Å²) >= 11 is 5.45. The van der Waals surface area contributed by atoms with Crippen molar-refractivity contribution in [1.82, 2.24) is 5.32 Å². The molecule has 0 spiro atoms. The van der Waals surface area contributed by atoms with Gasteiger partial charge in [-0.05, 0) is 25.3 Å². The van der Waals surface area contributed by atoms with E-state index >= 15 is 0 Å². The summed E-state index contributed by atoms with van der Waals surface area (Å²) in [6.45, 7) is 4.52. The summed E-state index contributed by atoms with van der Waals surface area (Å²) in [6, 6.07) is 8.48. The highest BCUT2D eigenvalue weighted by molar-refractivity contribution is 7.80. The summed E-state index contributed by atoms with van der Waals surface area (Å²) in [5.41, 5.74) is 2.76. The summed E-state index contributed by atoms with van der Waals surface area (Å²) in [7, 11) is 0. The predicted octanol–water partition coefficient (Wildman–Crippen LogP) is 3.46. The maximum absolute atomic E-state index is 5.45. The minimum Gasteiger partial charge on any atom is -0.370 e. The van der Waals surface area contributed by atoms with Crippen LogP contribution in [0.5, 0.6) is 0 Å². The molecule has 2 heteroatoms. The van der Waals surface area contributed by atoms with Gasteiger partial charge >= 0.3 is 0 Å². The summed E-state index contributed by atoms with van der Waals surface area (Å²) < 4.78 is 0. The van der Waals surface area contributed by atoms with Gasteiger partial charge < -0.3 is 5.32 Å². The molecule has 0 aliphatic carbocycles. The topological polar surface area (TPSA) is 12.0 Å². The van der Waals surface area contributed by atoms with Gasteiger partial charge in [0.15, 0.2) is 0 Å². The van der Waals surface area contributed by atoms with Gasteiger partial charge in [-0.15, -0.1) is 0 Å². The largest absolute Gasteiger partial charge is 0.370 e. The van der Waals surface area contributed by atoms with Gasteiger partial charge in [0, 0.05) is 11.1 Å². The average Bonchev–Trinajstić information content (AvgIpc) is 2.26. The Bertz CT molecular complexity index is 399. The summed E-state index contributed by atoms with van der Waals surface area (Å²) in [6.07, 6.45) is 4.78. The normalized spacial score (nSPS) is 23.8. The Morgan fingerprint density at radius 3 is 2.88 bits per heavy atom. The Kier molecular flexibility index (Phi) is 3.29. The van der Waals surface area contributed by atoms with Crippen molar-refractivity contribution in [3.05, 3.63) is 35.4 Å². The highest BCUT2D eigenvalue weighted by atomic mass is 32.1. The van der Waals surface area contributed by atoms with E-state index in [0.29, 0.717) is 0 Å². The number of fused-ring (bicyclic) bond motifs is 1. The zero-order chi connectivity index (χ0) is 11.6. The zero-order valence-corrected chi connectivity index (χ0v) is 10.9. The number of hydrogen-bond acceptors (Lipinski definition) is 1. The molecule has 1 nitrogen and oxygen atoms in total. The van der Waals surface area contributed by atoms with Gasteiger partial charge in [0.05, 0.1) is 0 Å². The first-order chi connectivity index (χ1) is 7.64. The Labute approximate surface area is 103 Å². The second kappa shape index (κ2) is 4.54. The first kappa shape index (κ1) is 11.6. The van der Waals surface area contributed by atoms with Crippen molar-refractivity contribution in [2.75, 3.05) is 0 Å². The van der Waals surface area contributed by atoms with Gasteiger partial charge in [0.1, 0.15) is 4.99 Å². The molecule has 0 radical (unpaired) electrons. The van der Waals surface area contributed by atoms with E-state index in [2.05, 4.69) is 43.4 Å². The molecule has 1 aromatic rings. The third-order valence-electron chi connectivity index (χ3n) is 3.34. The third-order valence-corrected chi connectivity index (χ3v) is 3.66. The number of benzene rings is 1. The molecule has 0 saturated carbocycles. The van der Waals surface area contributed by atoms with Crippen LogP contribution in [0, 0.1) is 0 Å². The van der Waals surface area contributed by atoms with Crippen LogP contribution in [0.25, 0.3) is 0 Å². The van der Waals surface area contributed by atoms with Crippen LogP contribution in [0.4, 0.5) is 0 Å². The molecule has 0 fully saturated rings. The molecule has 1 aliphatic rings. The molecule has 1 aromatic carbocycles. The van der Waals surface area contributed by atoms with E-state index in [0.717, 1.165) is 11.4 Å². The quantitative estimate of drug-likeness (QED) is 0.802. The van der Waals surface area contributed by atoms with Gasteiger partial charge in [-0.1, -0.05) is 56.2 Å². The summed E-state index contributed by atoms with van der Waals surface area (Å²) in [4.78, 5) is 0.917. The van der Waals surface area contributed by atoms with Crippen molar-refractivity contribution < 1.29 is 0 Å². The molecule has 1 atom stereocenters. The molecule has 0 aromatic heterocycles. The lowest BCUT2D eigenvalue weighted by Gasteiger charge is -2.37. The molecule has 0 saturated heterocycles. The van der Waals surface area contributed by atoms with Crippen molar-refractivity contribution in [2.24, 2.45) is 0 Å². The van der Waals surface area contributed by atoms with Crippen LogP contribution in [-0.2, 0) is 6.42 Å². The van der Waals surface area contributed by atoms with E-state index in [1.165, 1.54) is 30.4 Å². The van der Waals surface area contributed by atoms with Crippen molar-refractivity contribution in [3.63, 3.8) is 0 Å². The Morgan fingerprint density at radius 2 is 2.12 bits per heavy atom. The fourth-order valence-corrected chi connectivity index (χ4v) is 2.87. The van der Waals surface area contributed by atoms with Crippen LogP contribution in [0.1, 0.15) is 44.2 Å². The summed E-state index contributed by atoms with van der Waals surface area (Å²) in [5, 5.41) is 3.52. The maximum Gasteiger partial charge on any atom is 0.107 e. The molecule has 86 valence electrons. The van der Waals surface area contributed by atoms with Gasteiger partial charge in [-0.25, -0.2) is 0 Å². The average molecular weight is 233 g/mol. The molecular weight excluding hydrogens is 214 g/mol. The van der Waals surface area contributed by atoms with Gasteiger partial charge in [0.25, 0.3) is 0 Å². The number of rotatable bonds is 3. The van der Waals surface area contributed by atoms with Crippen molar-refractivity contribution >= 4 is 17.2 Å². The summed E-state index contributed by atoms with van der Waals surface area (Å²) in [5.74, 6) is 0. The van der Waals surface area contributed by atoms with E-state index in [1.807, 2.05) is 0 Å². The van der Waals surface area contributed by atoms with Crippen LogP contribution >= 0.6 is 12.2 Å². The van der Waals surface area contributed by atoms with Crippen LogP contribution in [0.2, 0.25) is 0 Å². The monoisotopic (exact) mass is 233 g/mol. The number of hydrogen-bond donors (Lipinski definition) is 1. The van der Waals surface area contributed by atoms with E-state index in [9.17, 15) is 0 Å². The first-order valence-electron chi connectivity index (χ1n) is 6.05. The first-order valence-corrected chi connectivity index (χ1v) is 6.46. The van der Waals surface area contributed by atoms with Crippen LogP contribution in [-0.4, -0.2) is 10.5 Å². The zero-order valence-electron chi connectivity index (χ0n) is 10.0. The molecule has 0 unspecified atom stereocenters. The second-order valence-electron chi connectivity index (χ2n) is 4.95. The van der Waals surface area contributed by atoms with Crippen LogP contribution in [0.3, 0.4) is 0 Å². The lowest BCUT2D eigenvalue weighted by Crippen LogP contribution is -2.50. The number of thiocarbonyl (C=S) groups is 1. The van der Waals surface area contributed by atoms with Crippen LogP contribution < -0.4 is 5.32 Å². The van der Waals surface area contributed by atoms with E-state index in [-0.39, 0.29) is 5.54 Å². The third kappa shape index (κ3) is 2.27. The SMILES string of the molecule is CCCC[C@]1(C)Cc2ccccc2C(=S)N1. The lowest BCUT2D eigenvalue weighted by atomic mass is 9.83. The Hall–Kier alpha value is -0.890. The van der Waals surface area contributed by atoms with E-state index in [1.54, 1.807) is 0 Å². The fourth-order valence-electron chi connectivity index (χ4n) is 2.42. The Balaban J connectivity index is 2.23. The van der Waals surface area contributed by atoms with Gasteiger partial charge in [0.2, 0.25) is 0 Å². The molecule has 1 heterocycles. The molecular formula is C14H19NS. The Morgan fingerprint density at radius 1 is 1.38 bits per heavy atom. The standard InChI is InChI=1S/C14H19NS/c1-3-4-9-14(2)10-11-7-5-6-8-12(11)13(16)15-14/h5-8H,3-4,9-10H2,1-2H3,(H,15,16)/t14-/m1/s1. The van der Waals surface area contributed by atoms with Crippen LogP contribution in [0.15, 0.2) is 24.3 Å². The fraction of sp³-hybridized carbons (Fsp3) is 0.500. The van der Waals surface area contributed by atoms with Crippen molar-refractivity contribution in [3.8, 4) is 0 Å². The van der Waals surface area contributed by atoms with Crippen molar-refractivity contribution in [2.45, 2.75) is 45.1 Å². The molecule has 1 N–H and O–H groups in total. The van der Waals surface area contributed by atoms with Gasteiger partial charge in [-0.3, -0.25) is 0 Å². The smallest absolute Gasteiger partial charge is 0.107 e. The molecule has 2 rings (SSSR count). The second-order valence-corrected chi connectivity index (χ2v) is 5.36. The highest BCUT2D eigenvalue weighted by Crippen LogP contribution is 2.27. The van der Waals surface area contributed by atoms with Gasteiger partial charge in [-0.2, -0.15) is 0 Å². The van der Waals surface area contributed by atoms with E-state index in [4.69, 9.17) is 12.2 Å². The maximum atomic E-state index is 5.45. The van der Waals surface area contributed by atoms with Crippen molar-refractivity contribution in [1.29, 1.82) is 0 Å². The molecule has 16 heavy (non-hydrogen) atoms. The molecule has 0 bridgehead atoms.